The van der Waals surface area contributed by atoms with E-state index in [4.69, 9.17) is 11.6 Å². The minimum Gasteiger partial charge on any atom is -0.506 e. The third-order valence-corrected chi connectivity index (χ3v) is 3.45. The topological polar surface area (TPSA) is 20.2 Å². The van der Waals surface area contributed by atoms with Crippen molar-refractivity contribution in [3.8, 4) is 5.75 Å². The van der Waals surface area contributed by atoms with Gasteiger partial charge in [-0.15, -0.1) is 0 Å². The van der Waals surface area contributed by atoms with Gasteiger partial charge < -0.3 is 5.11 Å². The van der Waals surface area contributed by atoms with Gasteiger partial charge in [0.2, 0.25) is 0 Å². The number of rotatable bonds is 1. The highest BCUT2D eigenvalue weighted by Crippen LogP contribution is 2.34. The van der Waals surface area contributed by atoms with Crippen LogP contribution in [-0.4, -0.2) is 5.11 Å². The molecule has 1 N–H and O–H groups in total. The normalized spacial score (nSPS) is 10.8. The van der Waals surface area contributed by atoms with E-state index in [1.54, 1.807) is 0 Å². The lowest BCUT2D eigenvalue weighted by molar-refractivity contribution is 0.461. The van der Waals surface area contributed by atoms with Crippen LogP contribution in [-0.2, 0) is 0 Å². The molecule has 0 aliphatic rings. The number of aromatic hydroxyl groups is 1. The number of phenolic OH excluding ortho intramolecular Hbond substituents is 1. The largest absolute Gasteiger partial charge is 0.506 e. The quantitative estimate of drug-likeness (QED) is 0.782. The molecule has 0 aliphatic carbocycles. The molecule has 0 radical (unpaired) electrons. The summed E-state index contributed by atoms with van der Waals surface area (Å²) in [6.07, 6.45) is 0. The Morgan fingerprint density at radius 3 is 2.50 bits per heavy atom. The van der Waals surface area contributed by atoms with Crippen molar-refractivity contribution in [2.24, 2.45) is 0 Å². The summed E-state index contributed by atoms with van der Waals surface area (Å²) in [4.78, 5) is 0. The predicted molar refractivity (Wildman–Crippen MR) is 59.9 cm³/mol. The summed E-state index contributed by atoms with van der Waals surface area (Å²) in [7, 11) is 0. The number of phenols is 1. The van der Waals surface area contributed by atoms with Crippen LogP contribution in [0.5, 0.6) is 5.75 Å². The van der Waals surface area contributed by atoms with Crippen LogP contribution in [0.15, 0.2) is 12.1 Å². The molecule has 1 rings (SSSR count). The number of benzene rings is 1. The first kappa shape index (κ1) is 10.1. The Morgan fingerprint density at radius 1 is 1.42 bits per heavy atom. The maximum absolute atomic E-state index is 9.66. The Balaban J connectivity index is 3.27. The van der Waals surface area contributed by atoms with Crippen molar-refractivity contribution in [3.05, 3.63) is 26.3 Å². The molecule has 0 heterocycles. The lowest BCUT2D eigenvalue weighted by Gasteiger charge is -2.09. The van der Waals surface area contributed by atoms with Crippen LogP contribution in [0.25, 0.3) is 0 Å². The Kier molecular flexibility index (Phi) is 3.23. The van der Waals surface area contributed by atoms with Crippen LogP contribution in [0.1, 0.15) is 25.3 Å². The van der Waals surface area contributed by atoms with Crippen molar-refractivity contribution in [1.29, 1.82) is 0 Å². The second-order valence-corrected chi connectivity index (χ2v) is 4.44. The second-order valence-electron chi connectivity index (χ2n) is 2.95. The van der Waals surface area contributed by atoms with Crippen LogP contribution >= 0.6 is 34.2 Å². The van der Waals surface area contributed by atoms with Crippen LogP contribution < -0.4 is 0 Å². The molecule has 1 aromatic rings. The molecule has 3 heteroatoms. The monoisotopic (exact) mass is 296 g/mol. The predicted octanol–water partition coefficient (Wildman–Crippen LogP) is 3.77. The second kappa shape index (κ2) is 3.83. The van der Waals surface area contributed by atoms with Crippen molar-refractivity contribution >= 4 is 34.2 Å². The molecule has 12 heavy (non-hydrogen) atoms. The Labute approximate surface area is 90.9 Å². The molecule has 0 atom stereocenters. The van der Waals surface area contributed by atoms with Gasteiger partial charge in [-0.1, -0.05) is 31.5 Å². The van der Waals surface area contributed by atoms with Crippen LogP contribution in [0, 0.1) is 3.57 Å². The molecule has 1 nitrogen and oxygen atoms in total. The average Bonchev–Trinajstić information content (AvgIpc) is 2.00. The Morgan fingerprint density at radius 2 is 2.00 bits per heavy atom. The van der Waals surface area contributed by atoms with Gasteiger partial charge in [-0.2, -0.15) is 0 Å². The van der Waals surface area contributed by atoms with E-state index in [0.717, 1.165) is 9.13 Å². The molecule has 0 amide bonds. The molecule has 0 bridgehead atoms. The smallest absolute Gasteiger partial charge is 0.133 e. The summed E-state index contributed by atoms with van der Waals surface area (Å²) >= 11 is 7.87. The third-order valence-electron chi connectivity index (χ3n) is 1.72. The first-order valence-corrected chi connectivity index (χ1v) is 5.16. The van der Waals surface area contributed by atoms with Gasteiger partial charge in [-0.3, -0.25) is 0 Å². The van der Waals surface area contributed by atoms with E-state index >= 15 is 0 Å². The van der Waals surface area contributed by atoms with E-state index in [9.17, 15) is 5.11 Å². The lowest BCUT2D eigenvalue weighted by Crippen LogP contribution is -1.90. The van der Waals surface area contributed by atoms with Crippen LogP contribution in [0.3, 0.4) is 0 Å². The standard InChI is InChI=1S/C9H10ClIO/c1-5(2)6-3-4-7(10)8(11)9(6)12/h3-5,12H,1-2H3. The fraction of sp³-hybridized carbons (Fsp3) is 0.333. The van der Waals surface area contributed by atoms with E-state index in [-0.39, 0.29) is 0 Å². The molecule has 0 aliphatic heterocycles. The zero-order chi connectivity index (χ0) is 9.30. The molecule has 1 aromatic carbocycles. The zero-order valence-corrected chi connectivity index (χ0v) is 9.85. The summed E-state index contributed by atoms with van der Waals surface area (Å²) in [5, 5.41) is 10.3. The third kappa shape index (κ3) is 1.85. The highest BCUT2D eigenvalue weighted by atomic mass is 127. The van der Waals surface area contributed by atoms with E-state index in [0.29, 0.717) is 16.7 Å². The van der Waals surface area contributed by atoms with E-state index in [1.807, 2.05) is 48.6 Å². The molecule has 0 fully saturated rings. The summed E-state index contributed by atoms with van der Waals surface area (Å²) < 4.78 is 0.737. The van der Waals surface area contributed by atoms with Crippen molar-refractivity contribution < 1.29 is 5.11 Å². The van der Waals surface area contributed by atoms with Crippen LogP contribution in [0.2, 0.25) is 5.02 Å². The molecule has 0 saturated heterocycles. The van der Waals surface area contributed by atoms with Crippen molar-refractivity contribution in [1.82, 2.24) is 0 Å². The molecule has 66 valence electrons. The van der Waals surface area contributed by atoms with E-state index < -0.39 is 0 Å². The van der Waals surface area contributed by atoms with Gasteiger partial charge in [0.25, 0.3) is 0 Å². The summed E-state index contributed by atoms with van der Waals surface area (Å²) in [6.45, 7) is 4.08. The van der Waals surface area contributed by atoms with Gasteiger partial charge in [0, 0.05) is 0 Å². The van der Waals surface area contributed by atoms with Gasteiger partial charge in [0.05, 0.1) is 8.59 Å². The van der Waals surface area contributed by atoms with E-state index in [2.05, 4.69) is 0 Å². The van der Waals surface area contributed by atoms with Gasteiger partial charge in [0.15, 0.2) is 0 Å². The molecule has 0 saturated carbocycles. The summed E-state index contributed by atoms with van der Waals surface area (Å²) in [5.41, 5.74) is 0.948. The Hall–Kier alpha value is 0.0400. The average molecular weight is 297 g/mol. The maximum Gasteiger partial charge on any atom is 0.133 e. The molecular formula is C9H10ClIO. The van der Waals surface area contributed by atoms with Gasteiger partial charge >= 0.3 is 0 Å². The maximum atomic E-state index is 9.66. The molecule has 0 spiro atoms. The lowest BCUT2D eigenvalue weighted by atomic mass is 10.0. The van der Waals surface area contributed by atoms with E-state index in [1.165, 1.54) is 0 Å². The molecule has 0 unspecified atom stereocenters. The highest BCUT2D eigenvalue weighted by molar-refractivity contribution is 14.1. The number of hydrogen-bond donors (Lipinski definition) is 1. The first-order valence-electron chi connectivity index (χ1n) is 3.71. The fourth-order valence-electron chi connectivity index (χ4n) is 1.02. The van der Waals surface area contributed by atoms with Crippen molar-refractivity contribution in [3.63, 3.8) is 0 Å². The minimum absolute atomic E-state index is 0.318. The Bertz CT molecular complexity index is 297. The zero-order valence-electron chi connectivity index (χ0n) is 6.94. The minimum atomic E-state index is 0.318. The first-order chi connectivity index (χ1) is 5.54. The van der Waals surface area contributed by atoms with Crippen molar-refractivity contribution in [2.75, 3.05) is 0 Å². The molecular weight excluding hydrogens is 286 g/mol. The highest BCUT2D eigenvalue weighted by Gasteiger charge is 2.10. The van der Waals surface area contributed by atoms with Gasteiger partial charge in [0.1, 0.15) is 5.75 Å². The number of hydrogen-bond acceptors (Lipinski definition) is 1. The van der Waals surface area contributed by atoms with Gasteiger partial charge in [-0.25, -0.2) is 0 Å². The SMILES string of the molecule is CC(C)c1ccc(Cl)c(I)c1O. The van der Waals surface area contributed by atoms with Crippen LogP contribution in [0.4, 0.5) is 0 Å². The van der Waals surface area contributed by atoms with Gasteiger partial charge in [-0.05, 0) is 40.1 Å². The number of halogens is 2. The summed E-state index contributed by atoms with van der Waals surface area (Å²) in [5.74, 6) is 0.647. The summed E-state index contributed by atoms with van der Waals surface area (Å²) in [6, 6.07) is 3.68. The van der Waals surface area contributed by atoms with Crippen molar-refractivity contribution in [2.45, 2.75) is 19.8 Å². The fourth-order valence-corrected chi connectivity index (χ4v) is 1.66. The molecule has 0 aromatic heterocycles.